The Balaban J connectivity index is 1.42. The Labute approximate surface area is 157 Å². The molecule has 1 aliphatic carbocycles. The van der Waals surface area contributed by atoms with E-state index in [-0.39, 0.29) is 5.91 Å². The number of benzene rings is 2. The van der Waals surface area contributed by atoms with Gasteiger partial charge in [0.05, 0.1) is 11.1 Å². The van der Waals surface area contributed by atoms with E-state index in [1.165, 1.54) is 5.56 Å². The molecule has 1 aliphatic rings. The minimum atomic E-state index is -0.537. The molecular weight excluding hydrogens is 348 g/mol. The van der Waals surface area contributed by atoms with Crippen molar-refractivity contribution in [2.24, 2.45) is 0 Å². The summed E-state index contributed by atoms with van der Waals surface area (Å²) in [6.45, 7) is 0.618. The molecule has 1 N–H and O–H groups in total. The lowest BCUT2D eigenvalue weighted by atomic mass is 10.00. The molecule has 0 spiro atoms. The fourth-order valence-corrected chi connectivity index (χ4v) is 3.24. The molecule has 1 heterocycles. The number of carbonyl (C=O) groups excluding carboxylic acids is 1. The number of aromatic nitrogens is 1. The third-order valence-electron chi connectivity index (χ3n) is 4.86. The van der Waals surface area contributed by atoms with E-state index in [9.17, 15) is 4.79 Å². The third-order valence-corrected chi connectivity index (χ3v) is 5.11. The number of rotatable bonds is 6. The monoisotopic (exact) mass is 366 g/mol. The van der Waals surface area contributed by atoms with Crippen molar-refractivity contribution in [1.29, 1.82) is 0 Å². The first kappa shape index (κ1) is 16.9. The Bertz CT molecular complexity index is 899. The van der Waals surface area contributed by atoms with E-state index < -0.39 is 5.41 Å². The Morgan fingerprint density at radius 1 is 1.12 bits per heavy atom. The summed E-state index contributed by atoms with van der Waals surface area (Å²) in [6, 6.07) is 19.4. The van der Waals surface area contributed by atoms with E-state index in [1.807, 2.05) is 48.5 Å². The first-order chi connectivity index (χ1) is 12.7. The predicted molar refractivity (Wildman–Crippen MR) is 101 cm³/mol. The van der Waals surface area contributed by atoms with Gasteiger partial charge in [-0.1, -0.05) is 47.1 Å². The van der Waals surface area contributed by atoms with Crippen LogP contribution in [0.1, 0.15) is 24.1 Å². The molecule has 0 unspecified atom stereocenters. The number of nitrogens with one attached hydrogen (secondary N) is 1. The Morgan fingerprint density at radius 3 is 2.54 bits per heavy atom. The van der Waals surface area contributed by atoms with Crippen molar-refractivity contribution in [1.82, 2.24) is 10.5 Å². The van der Waals surface area contributed by atoms with Crippen LogP contribution in [0.2, 0.25) is 5.02 Å². The minimum absolute atomic E-state index is 0.0318. The maximum atomic E-state index is 12.7. The highest BCUT2D eigenvalue weighted by Crippen LogP contribution is 2.48. The normalized spacial score (nSPS) is 14.8. The molecule has 4 nitrogen and oxygen atoms in total. The van der Waals surface area contributed by atoms with E-state index >= 15 is 0 Å². The van der Waals surface area contributed by atoms with Crippen molar-refractivity contribution in [2.45, 2.75) is 24.7 Å². The molecule has 4 rings (SSSR count). The van der Waals surface area contributed by atoms with E-state index in [2.05, 4.69) is 22.6 Å². The summed E-state index contributed by atoms with van der Waals surface area (Å²) in [7, 11) is 0. The van der Waals surface area contributed by atoms with Gasteiger partial charge < -0.3 is 9.84 Å². The first-order valence-electron chi connectivity index (χ1n) is 8.73. The SMILES string of the molecule is O=C(NCCc1ccccc1)C1(c2cc(-c3ccc(Cl)cc3)on2)CC1. The number of amides is 1. The second-order valence-electron chi connectivity index (χ2n) is 6.66. The van der Waals surface area contributed by atoms with Gasteiger partial charge in [0.15, 0.2) is 5.76 Å². The van der Waals surface area contributed by atoms with Crippen LogP contribution in [0.5, 0.6) is 0 Å². The standard InChI is InChI=1S/C21H19ClN2O2/c22-17-8-6-16(7-9-17)18-14-19(24-26-18)21(11-12-21)20(25)23-13-10-15-4-2-1-3-5-15/h1-9,14H,10-13H2,(H,23,25). The summed E-state index contributed by atoms with van der Waals surface area (Å²) in [5.74, 6) is 0.685. The molecule has 26 heavy (non-hydrogen) atoms. The number of hydrogen-bond donors (Lipinski definition) is 1. The van der Waals surface area contributed by atoms with Gasteiger partial charge in [0, 0.05) is 23.2 Å². The van der Waals surface area contributed by atoms with Crippen LogP contribution in [0.25, 0.3) is 11.3 Å². The van der Waals surface area contributed by atoms with Gasteiger partial charge in [-0.3, -0.25) is 4.79 Å². The summed E-state index contributed by atoms with van der Waals surface area (Å²) in [4.78, 5) is 12.7. The molecule has 0 radical (unpaired) electrons. The zero-order valence-corrected chi connectivity index (χ0v) is 15.0. The lowest BCUT2D eigenvalue weighted by Crippen LogP contribution is -2.36. The summed E-state index contributed by atoms with van der Waals surface area (Å²) in [5, 5.41) is 7.89. The summed E-state index contributed by atoms with van der Waals surface area (Å²) >= 11 is 5.92. The van der Waals surface area contributed by atoms with Crippen molar-refractivity contribution < 1.29 is 9.32 Å². The first-order valence-corrected chi connectivity index (χ1v) is 9.10. The molecule has 1 amide bonds. The highest BCUT2D eigenvalue weighted by atomic mass is 35.5. The molecule has 0 atom stereocenters. The van der Waals surface area contributed by atoms with Gasteiger partial charge in [0.25, 0.3) is 0 Å². The lowest BCUT2D eigenvalue weighted by Gasteiger charge is -2.12. The Kier molecular flexibility index (Phi) is 4.51. The van der Waals surface area contributed by atoms with Crippen molar-refractivity contribution in [2.75, 3.05) is 6.54 Å². The Morgan fingerprint density at radius 2 is 1.85 bits per heavy atom. The van der Waals surface area contributed by atoms with E-state index in [4.69, 9.17) is 16.1 Å². The lowest BCUT2D eigenvalue weighted by molar-refractivity contribution is -0.123. The van der Waals surface area contributed by atoms with Crippen molar-refractivity contribution in [3.63, 3.8) is 0 Å². The molecule has 1 saturated carbocycles. The molecule has 0 bridgehead atoms. The molecule has 2 aromatic carbocycles. The fraction of sp³-hybridized carbons (Fsp3) is 0.238. The van der Waals surface area contributed by atoms with Crippen molar-refractivity contribution in [3.05, 3.63) is 76.9 Å². The van der Waals surface area contributed by atoms with Gasteiger partial charge in [0.2, 0.25) is 5.91 Å². The number of halogens is 1. The molecule has 132 valence electrons. The second-order valence-corrected chi connectivity index (χ2v) is 7.09. The molecular formula is C21H19ClN2O2. The van der Waals surface area contributed by atoms with Gasteiger partial charge in [-0.2, -0.15) is 0 Å². The minimum Gasteiger partial charge on any atom is -0.356 e. The molecule has 5 heteroatoms. The van der Waals surface area contributed by atoms with Gasteiger partial charge in [-0.05, 0) is 49.1 Å². The molecule has 3 aromatic rings. The van der Waals surface area contributed by atoms with Crippen LogP contribution in [-0.2, 0) is 16.6 Å². The maximum Gasteiger partial charge on any atom is 0.232 e. The summed E-state index contributed by atoms with van der Waals surface area (Å²) < 4.78 is 5.47. The largest absolute Gasteiger partial charge is 0.356 e. The van der Waals surface area contributed by atoms with Gasteiger partial charge in [-0.15, -0.1) is 0 Å². The fourth-order valence-electron chi connectivity index (χ4n) is 3.11. The quantitative estimate of drug-likeness (QED) is 0.704. The van der Waals surface area contributed by atoms with E-state index in [0.29, 0.717) is 23.0 Å². The van der Waals surface area contributed by atoms with Crippen LogP contribution in [0.15, 0.2) is 65.2 Å². The van der Waals surface area contributed by atoms with Gasteiger partial charge in [-0.25, -0.2) is 0 Å². The second kappa shape index (κ2) is 6.96. The van der Waals surface area contributed by atoms with E-state index in [1.54, 1.807) is 0 Å². The summed E-state index contributed by atoms with van der Waals surface area (Å²) in [5.41, 5.74) is 2.28. The molecule has 0 saturated heterocycles. The zero-order valence-electron chi connectivity index (χ0n) is 14.2. The third kappa shape index (κ3) is 3.37. The highest BCUT2D eigenvalue weighted by Gasteiger charge is 2.53. The van der Waals surface area contributed by atoms with E-state index in [0.717, 1.165) is 24.8 Å². The predicted octanol–water partition coefficient (Wildman–Crippen LogP) is 4.39. The van der Waals surface area contributed by atoms with Crippen LogP contribution in [-0.4, -0.2) is 17.6 Å². The number of hydrogen-bond acceptors (Lipinski definition) is 3. The highest BCUT2D eigenvalue weighted by molar-refractivity contribution is 6.30. The maximum absolute atomic E-state index is 12.7. The van der Waals surface area contributed by atoms with Crippen LogP contribution in [0.3, 0.4) is 0 Å². The smallest absolute Gasteiger partial charge is 0.232 e. The molecule has 0 aliphatic heterocycles. The van der Waals surface area contributed by atoms with Crippen LogP contribution < -0.4 is 5.32 Å². The van der Waals surface area contributed by atoms with Crippen molar-refractivity contribution in [3.8, 4) is 11.3 Å². The van der Waals surface area contributed by atoms with Crippen LogP contribution in [0, 0.1) is 0 Å². The Hall–Kier alpha value is -2.59. The van der Waals surface area contributed by atoms with Crippen molar-refractivity contribution >= 4 is 17.5 Å². The van der Waals surface area contributed by atoms with Gasteiger partial charge >= 0.3 is 0 Å². The molecule has 1 aromatic heterocycles. The average Bonchev–Trinajstić information content (AvgIpc) is 3.33. The average molecular weight is 367 g/mol. The summed E-state index contributed by atoms with van der Waals surface area (Å²) in [6.07, 6.45) is 2.42. The van der Waals surface area contributed by atoms with Crippen LogP contribution in [0.4, 0.5) is 0 Å². The zero-order chi connectivity index (χ0) is 18.0. The number of nitrogens with zero attached hydrogens (tertiary/aromatic N) is 1. The van der Waals surface area contributed by atoms with Gasteiger partial charge in [0.1, 0.15) is 0 Å². The number of carbonyl (C=O) groups is 1. The molecule has 1 fully saturated rings. The topological polar surface area (TPSA) is 55.1 Å². The van der Waals surface area contributed by atoms with Crippen LogP contribution >= 0.6 is 11.6 Å².